The average Bonchev–Trinajstić information content (AvgIpc) is 2.84. The van der Waals surface area contributed by atoms with Crippen molar-refractivity contribution < 1.29 is 0 Å². The first kappa shape index (κ1) is 12.8. The molecule has 0 saturated heterocycles. The molecule has 0 spiro atoms. The van der Waals surface area contributed by atoms with Crippen molar-refractivity contribution in [3.63, 3.8) is 0 Å². The molecule has 1 atom stereocenters. The summed E-state index contributed by atoms with van der Waals surface area (Å²) in [5.74, 6) is 0. The number of aromatic nitrogens is 2. The van der Waals surface area contributed by atoms with Crippen LogP contribution in [0.15, 0.2) is 36.9 Å². The molecule has 3 nitrogen and oxygen atoms in total. The first-order valence-electron chi connectivity index (χ1n) is 6.41. The van der Waals surface area contributed by atoms with E-state index in [0.717, 1.165) is 13.1 Å². The predicted octanol–water partition coefficient (Wildman–Crippen LogP) is 2.68. The fourth-order valence-corrected chi connectivity index (χ4v) is 2.06. The number of benzene rings is 1. The van der Waals surface area contributed by atoms with Crippen molar-refractivity contribution in [3.8, 4) is 0 Å². The Balaban J connectivity index is 1.89. The monoisotopic (exact) mass is 243 g/mol. The van der Waals surface area contributed by atoms with Crippen LogP contribution in [0.4, 0.5) is 0 Å². The highest BCUT2D eigenvalue weighted by atomic mass is 15.1. The van der Waals surface area contributed by atoms with E-state index in [0.29, 0.717) is 6.04 Å². The molecule has 0 radical (unpaired) electrons. The van der Waals surface area contributed by atoms with Gasteiger partial charge in [0.05, 0.1) is 6.33 Å². The van der Waals surface area contributed by atoms with Crippen LogP contribution in [0.2, 0.25) is 0 Å². The Bertz CT molecular complexity index is 488. The Morgan fingerprint density at radius 1 is 1.33 bits per heavy atom. The van der Waals surface area contributed by atoms with Gasteiger partial charge in [-0.25, -0.2) is 4.98 Å². The lowest BCUT2D eigenvalue weighted by molar-refractivity contribution is 0.475. The second-order valence-corrected chi connectivity index (χ2v) is 4.90. The number of aryl methyl sites for hydroxylation is 1. The van der Waals surface area contributed by atoms with Crippen LogP contribution >= 0.6 is 0 Å². The van der Waals surface area contributed by atoms with E-state index in [9.17, 15) is 0 Å². The number of nitrogens with zero attached hydrogens (tertiary/aromatic N) is 2. The number of nitrogens with one attached hydrogen (secondary N) is 1. The summed E-state index contributed by atoms with van der Waals surface area (Å²) in [6.07, 6.45) is 5.67. The molecule has 1 heterocycles. The highest BCUT2D eigenvalue weighted by Gasteiger charge is 2.04. The Kier molecular flexibility index (Phi) is 4.15. The number of imidazole rings is 1. The molecule has 0 bridgehead atoms. The standard InChI is InChI=1S/C15H21N3/c1-12-5-4-6-15(14(12)3)9-17-13(2)10-18-8-7-16-11-18/h4-8,11,13,17H,9-10H2,1-3H3. The van der Waals surface area contributed by atoms with Gasteiger partial charge in [0.1, 0.15) is 0 Å². The summed E-state index contributed by atoms with van der Waals surface area (Å²) >= 11 is 0. The van der Waals surface area contributed by atoms with Crippen LogP contribution in [0.1, 0.15) is 23.6 Å². The molecule has 0 amide bonds. The molecule has 1 aromatic carbocycles. The van der Waals surface area contributed by atoms with E-state index in [1.165, 1.54) is 16.7 Å². The van der Waals surface area contributed by atoms with Crippen LogP contribution in [-0.2, 0) is 13.1 Å². The molecule has 0 aliphatic heterocycles. The van der Waals surface area contributed by atoms with E-state index >= 15 is 0 Å². The maximum absolute atomic E-state index is 4.05. The summed E-state index contributed by atoms with van der Waals surface area (Å²) < 4.78 is 2.10. The summed E-state index contributed by atoms with van der Waals surface area (Å²) in [5, 5.41) is 3.56. The predicted molar refractivity (Wildman–Crippen MR) is 74.4 cm³/mol. The lowest BCUT2D eigenvalue weighted by Crippen LogP contribution is -2.29. The summed E-state index contributed by atoms with van der Waals surface area (Å²) in [5.41, 5.74) is 4.13. The fraction of sp³-hybridized carbons (Fsp3) is 0.400. The zero-order chi connectivity index (χ0) is 13.0. The lowest BCUT2D eigenvalue weighted by Gasteiger charge is -2.16. The highest BCUT2D eigenvalue weighted by Crippen LogP contribution is 2.12. The molecule has 2 aromatic rings. The second-order valence-electron chi connectivity index (χ2n) is 4.90. The lowest BCUT2D eigenvalue weighted by atomic mass is 10.0. The Morgan fingerprint density at radius 3 is 2.89 bits per heavy atom. The minimum absolute atomic E-state index is 0.430. The van der Waals surface area contributed by atoms with Crippen LogP contribution in [0.25, 0.3) is 0 Å². The summed E-state index contributed by atoms with van der Waals surface area (Å²) in [4.78, 5) is 4.05. The quantitative estimate of drug-likeness (QED) is 0.875. The molecule has 1 aromatic heterocycles. The van der Waals surface area contributed by atoms with Gasteiger partial charge in [-0.3, -0.25) is 0 Å². The van der Waals surface area contributed by atoms with E-state index in [1.807, 2.05) is 18.7 Å². The van der Waals surface area contributed by atoms with Crippen molar-refractivity contribution in [3.05, 3.63) is 53.6 Å². The highest BCUT2D eigenvalue weighted by molar-refractivity contribution is 5.32. The smallest absolute Gasteiger partial charge is 0.0946 e. The molecule has 0 aliphatic rings. The van der Waals surface area contributed by atoms with Crippen molar-refractivity contribution in [2.45, 2.75) is 39.9 Å². The normalized spacial score (nSPS) is 12.6. The fourth-order valence-electron chi connectivity index (χ4n) is 2.06. The van der Waals surface area contributed by atoms with Gasteiger partial charge in [-0.2, -0.15) is 0 Å². The van der Waals surface area contributed by atoms with Gasteiger partial charge >= 0.3 is 0 Å². The molecule has 0 fully saturated rings. The average molecular weight is 243 g/mol. The molecule has 0 aliphatic carbocycles. The second kappa shape index (κ2) is 5.83. The Labute approximate surface area is 109 Å². The molecule has 1 N–H and O–H groups in total. The van der Waals surface area contributed by atoms with Crippen molar-refractivity contribution in [2.75, 3.05) is 0 Å². The topological polar surface area (TPSA) is 29.9 Å². The van der Waals surface area contributed by atoms with Crippen molar-refractivity contribution in [1.82, 2.24) is 14.9 Å². The van der Waals surface area contributed by atoms with Gasteiger partial charge in [0, 0.05) is 31.5 Å². The third-order valence-corrected chi connectivity index (χ3v) is 3.40. The van der Waals surface area contributed by atoms with Crippen LogP contribution in [0, 0.1) is 13.8 Å². The third kappa shape index (κ3) is 3.20. The summed E-state index contributed by atoms with van der Waals surface area (Å²) in [7, 11) is 0. The van der Waals surface area contributed by atoms with Gasteiger partial charge in [-0.1, -0.05) is 18.2 Å². The van der Waals surface area contributed by atoms with Gasteiger partial charge in [0.2, 0.25) is 0 Å². The zero-order valence-corrected chi connectivity index (χ0v) is 11.4. The van der Waals surface area contributed by atoms with Crippen molar-refractivity contribution >= 4 is 0 Å². The van der Waals surface area contributed by atoms with Crippen LogP contribution in [0.5, 0.6) is 0 Å². The largest absolute Gasteiger partial charge is 0.336 e. The zero-order valence-electron chi connectivity index (χ0n) is 11.4. The van der Waals surface area contributed by atoms with E-state index in [1.54, 1.807) is 0 Å². The van der Waals surface area contributed by atoms with E-state index in [-0.39, 0.29) is 0 Å². The maximum Gasteiger partial charge on any atom is 0.0946 e. The van der Waals surface area contributed by atoms with Gasteiger partial charge in [0.15, 0.2) is 0 Å². The number of hydrogen-bond donors (Lipinski definition) is 1. The molecule has 3 heteroatoms. The van der Waals surface area contributed by atoms with E-state index < -0.39 is 0 Å². The van der Waals surface area contributed by atoms with Gasteiger partial charge in [0.25, 0.3) is 0 Å². The molecular weight excluding hydrogens is 222 g/mol. The van der Waals surface area contributed by atoms with Crippen LogP contribution < -0.4 is 5.32 Å². The van der Waals surface area contributed by atoms with Crippen molar-refractivity contribution in [1.29, 1.82) is 0 Å². The van der Waals surface area contributed by atoms with Crippen molar-refractivity contribution in [2.24, 2.45) is 0 Å². The molecule has 2 rings (SSSR count). The minimum Gasteiger partial charge on any atom is -0.336 e. The van der Waals surface area contributed by atoms with Crippen LogP contribution in [-0.4, -0.2) is 15.6 Å². The van der Waals surface area contributed by atoms with E-state index in [2.05, 4.69) is 53.8 Å². The van der Waals surface area contributed by atoms with Gasteiger partial charge in [-0.05, 0) is 37.5 Å². The van der Waals surface area contributed by atoms with Crippen LogP contribution in [0.3, 0.4) is 0 Å². The Hall–Kier alpha value is -1.61. The summed E-state index contributed by atoms with van der Waals surface area (Å²) in [6.45, 7) is 8.42. The first-order valence-corrected chi connectivity index (χ1v) is 6.41. The molecular formula is C15H21N3. The maximum atomic E-state index is 4.05. The minimum atomic E-state index is 0.430. The molecule has 18 heavy (non-hydrogen) atoms. The molecule has 96 valence electrons. The SMILES string of the molecule is Cc1cccc(CNC(C)Cn2ccnc2)c1C. The molecule has 1 unspecified atom stereocenters. The number of rotatable bonds is 5. The molecule has 0 saturated carbocycles. The summed E-state index contributed by atoms with van der Waals surface area (Å²) in [6, 6.07) is 6.91. The Morgan fingerprint density at radius 2 is 2.17 bits per heavy atom. The first-order chi connectivity index (χ1) is 8.66. The van der Waals surface area contributed by atoms with Gasteiger partial charge < -0.3 is 9.88 Å². The number of hydrogen-bond acceptors (Lipinski definition) is 2. The van der Waals surface area contributed by atoms with E-state index in [4.69, 9.17) is 0 Å². The third-order valence-electron chi connectivity index (χ3n) is 3.40. The van der Waals surface area contributed by atoms with Gasteiger partial charge in [-0.15, -0.1) is 0 Å².